The Morgan fingerprint density at radius 3 is 2.35 bits per heavy atom. The summed E-state index contributed by atoms with van der Waals surface area (Å²) in [6, 6.07) is 15.5. The van der Waals surface area contributed by atoms with Crippen LogP contribution in [0.2, 0.25) is 0 Å². The van der Waals surface area contributed by atoms with Crippen molar-refractivity contribution in [3.05, 3.63) is 92.1 Å². The fraction of sp³-hybridized carbons (Fsp3) is 0.130. The number of benzene rings is 2. The van der Waals surface area contributed by atoms with Gasteiger partial charge in [-0.25, -0.2) is 4.90 Å². The maximum Gasteiger partial charge on any atom is 0.298 e. The summed E-state index contributed by atoms with van der Waals surface area (Å²) in [6.45, 7) is 5.67. The van der Waals surface area contributed by atoms with E-state index in [9.17, 15) is 19.7 Å². The van der Waals surface area contributed by atoms with Gasteiger partial charge in [-0.3, -0.25) is 19.7 Å². The average molecular weight is 433 g/mol. The Balaban J connectivity index is 1.72. The number of carbonyl (C=O) groups is 2. The van der Waals surface area contributed by atoms with Crippen molar-refractivity contribution < 1.29 is 14.5 Å². The summed E-state index contributed by atoms with van der Waals surface area (Å²) in [5.41, 5.74) is 4.79. The third-order valence-corrected chi connectivity index (χ3v) is 6.07. The summed E-state index contributed by atoms with van der Waals surface area (Å²) in [5.74, 6) is -0.350. The molecule has 0 radical (unpaired) electrons. The van der Waals surface area contributed by atoms with E-state index in [0.29, 0.717) is 10.6 Å². The lowest BCUT2D eigenvalue weighted by Gasteiger charge is -2.13. The van der Waals surface area contributed by atoms with Gasteiger partial charge in [-0.15, -0.1) is 0 Å². The summed E-state index contributed by atoms with van der Waals surface area (Å²) in [4.78, 5) is 37.5. The van der Waals surface area contributed by atoms with Gasteiger partial charge in [0.2, 0.25) is 0 Å². The minimum atomic E-state index is -0.416. The second-order valence-corrected chi connectivity index (χ2v) is 8.24. The number of hydrogen-bond donors (Lipinski definition) is 0. The predicted octanol–water partition coefficient (Wildman–Crippen LogP) is 5.55. The van der Waals surface area contributed by atoms with E-state index in [1.54, 1.807) is 42.5 Å². The maximum atomic E-state index is 12.9. The molecule has 0 aliphatic carbocycles. The number of aryl methyl sites for hydroxylation is 2. The summed E-state index contributed by atoms with van der Waals surface area (Å²) in [5, 5.41) is 10.7. The average Bonchev–Trinajstić information content (AvgIpc) is 3.17. The highest BCUT2D eigenvalue weighted by Gasteiger charge is 2.36. The minimum Gasteiger partial charge on any atom is -0.318 e. The van der Waals surface area contributed by atoms with Crippen molar-refractivity contribution in [3.8, 4) is 5.69 Å². The van der Waals surface area contributed by atoms with Gasteiger partial charge >= 0.3 is 0 Å². The molecule has 3 aromatic rings. The Morgan fingerprint density at radius 2 is 1.71 bits per heavy atom. The molecule has 2 amide bonds. The highest BCUT2D eigenvalue weighted by atomic mass is 32.2. The third-order valence-electron chi connectivity index (χ3n) is 5.20. The molecule has 0 bridgehead atoms. The van der Waals surface area contributed by atoms with Crippen LogP contribution in [0.25, 0.3) is 11.8 Å². The van der Waals surface area contributed by atoms with Crippen molar-refractivity contribution in [2.75, 3.05) is 4.90 Å². The lowest BCUT2D eigenvalue weighted by atomic mass is 10.1. The molecule has 1 aliphatic heterocycles. The molecule has 1 saturated heterocycles. The highest BCUT2D eigenvalue weighted by Crippen LogP contribution is 2.36. The zero-order chi connectivity index (χ0) is 22.3. The van der Waals surface area contributed by atoms with Crippen LogP contribution in [0.5, 0.6) is 0 Å². The molecule has 4 rings (SSSR count). The van der Waals surface area contributed by atoms with Crippen molar-refractivity contribution in [2.24, 2.45) is 0 Å². The lowest BCUT2D eigenvalue weighted by Crippen LogP contribution is -2.27. The molecule has 0 N–H and O–H groups in total. The van der Waals surface area contributed by atoms with E-state index in [-0.39, 0.29) is 16.8 Å². The molecule has 2 heterocycles. The van der Waals surface area contributed by atoms with Crippen LogP contribution in [0.4, 0.5) is 16.2 Å². The van der Waals surface area contributed by atoms with Crippen LogP contribution in [0.15, 0.2) is 59.5 Å². The quantitative estimate of drug-likeness (QED) is 0.306. The van der Waals surface area contributed by atoms with Crippen molar-refractivity contribution in [1.82, 2.24) is 4.57 Å². The first-order chi connectivity index (χ1) is 14.8. The second kappa shape index (κ2) is 7.88. The van der Waals surface area contributed by atoms with Gasteiger partial charge in [0.1, 0.15) is 0 Å². The molecule has 7 nitrogen and oxygen atoms in total. The molecule has 31 heavy (non-hydrogen) atoms. The molecule has 0 atom stereocenters. The molecule has 1 aromatic heterocycles. The molecule has 0 unspecified atom stereocenters. The smallest absolute Gasteiger partial charge is 0.298 e. The summed E-state index contributed by atoms with van der Waals surface area (Å²) in [7, 11) is 0. The molecular weight excluding hydrogens is 414 g/mol. The molecule has 1 aliphatic rings. The number of rotatable bonds is 4. The van der Waals surface area contributed by atoms with Gasteiger partial charge in [-0.2, -0.15) is 0 Å². The van der Waals surface area contributed by atoms with E-state index >= 15 is 0 Å². The van der Waals surface area contributed by atoms with Gasteiger partial charge in [-0.05, 0) is 74.0 Å². The van der Waals surface area contributed by atoms with E-state index in [0.717, 1.165) is 40.0 Å². The number of carbonyl (C=O) groups excluding carboxylic acids is 2. The maximum absolute atomic E-state index is 12.9. The van der Waals surface area contributed by atoms with Crippen LogP contribution < -0.4 is 4.90 Å². The van der Waals surface area contributed by atoms with Crippen molar-refractivity contribution in [2.45, 2.75) is 20.8 Å². The Hall–Kier alpha value is -3.65. The molecular formula is C23H19N3O4S. The lowest BCUT2D eigenvalue weighted by molar-refractivity contribution is -0.384. The number of nitro benzene ring substituents is 1. The number of aromatic nitrogens is 1. The molecule has 0 saturated carbocycles. The Morgan fingerprint density at radius 1 is 1.00 bits per heavy atom. The van der Waals surface area contributed by atoms with Crippen molar-refractivity contribution in [1.29, 1.82) is 0 Å². The number of anilines is 1. The highest BCUT2D eigenvalue weighted by molar-refractivity contribution is 8.19. The summed E-state index contributed by atoms with van der Waals surface area (Å²) in [6.07, 6.45) is 1.73. The Labute approximate surface area is 183 Å². The van der Waals surface area contributed by atoms with E-state index in [1.807, 2.05) is 37.5 Å². The second-order valence-electron chi connectivity index (χ2n) is 7.24. The molecule has 0 spiro atoms. The van der Waals surface area contributed by atoms with Gasteiger partial charge in [0.05, 0.1) is 15.5 Å². The number of hydrogen-bond acceptors (Lipinski definition) is 5. The van der Waals surface area contributed by atoms with Crippen LogP contribution in [0, 0.1) is 30.9 Å². The van der Waals surface area contributed by atoms with E-state index in [2.05, 4.69) is 0 Å². The van der Waals surface area contributed by atoms with Gasteiger partial charge in [-0.1, -0.05) is 18.2 Å². The normalized spacial score (nSPS) is 15.2. The number of nitrogens with zero attached hydrogens (tertiary/aromatic N) is 3. The first kappa shape index (κ1) is 20.6. The number of amides is 2. The van der Waals surface area contributed by atoms with Gasteiger partial charge in [0.15, 0.2) is 0 Å². The monoisotopic (exact) mass is 433 g/mol. The van der Waals surface area contributed by atoms with Crippen LogP contribution in [-0.2, 0) is 4.79 Å². The fourth-order valence-electron chi connectivity index (χ4n) is 3.72. The summed E-state index contributed by atoms with van der Waals surface area (Å²) < 4.78 is 1.99. The fourth-order valence-corrected chi connectivity index (χ4v) is 4.55. The predicted molar refractivity (Wildman–Crippen MR) is 122 cm³/mol. The van der Waals surface area contributed by atoms with Crippen LogP contribution in [0.3, 0.4) is 0 Å². The molecule has 156 valence electrons. The van der Waals surface area contributed by atoms with Crippen LogP contribution in [-0.4, -0.2) is 20.6 Å². The number of imide groups is 1. The largest absolute Gasteiger partial charge is 0.318 e. The minimum absolute atomic E-state index is 0.0403. The molecule has 1 fully saturated rings. The van der Waals surface area contributed by atoms with E-state index in [4.69, 9.17) is 0 Å². The van der Waals surface area contributed by atoms with Gasteiger partial charge in [0.25, 0.3) is 16.8 Å². The Kier molecular flexibility index (Phi) is 5.24. The number of nitro groups is 1. The third kappa shape index (κ3) is 3.66. The van der Waals surface area contributed by atoms with Crippen molar-refractivity contribution >= 4 is 40.4 Å². The standard InChI is InChI=1S/C23H19N3O4S/c1-14-11-19(26(29)30)9-10-20(14)24-15(2)12-17(16(24)3)13-21-22(27)25(23(28)31-21)18-7-5-4-6-8-18/h4-13H,1-3H3. The van der Waals surface area contributed by atoms with Crippen molar-refractivity contribution in [3.63, 3.8) is 0 Å². The Bertz CT molecular complexity index is 1260. The molecule has 8 heteroatoms. The summed E-state index contributed by atoms with van der Waals surface area (Å²) >= 11 is 0.914. The first-order valence-corrected chi connectivity index (χ1v) is 10.4. The number of thioether (sulfide) groups is 1. The first-order valence-electron chi connectivity index (χ1n) is 9.55. The number of para-hydroxylation sites is 1. The van der Waals surface area contributed by atoms with Crippen LogP contribution in [0.1, 0.15) is 22.5 Å². The van der Waals surface area contributed by atoms with Gasteiger partial charge in [0, 0.05) is 29.2 Å². The van der Waals surface area contributed by atoms with E-state index < -0.39 is 4.92 Å². The van der Waals surface area contributed by atoms with E-state index in [1.165, 1.54) is 11.0 Å². The molecule has 2 aromatic carbocycles. The topological polar surface area (TPSA) is 85.4 Å². The van der Waals surface area contributed by atoms with Gasteiger partial charge < -0.3 is 4.57 Å². The number of non-ortho nitro benzene ring substituents is 1. The zero-order valence-electron chi connectivity index (χ0n) is 17.2. The zero-order valence-corrected chi connectivity index (χ0v) is 18.0. The SMILES string of the molecule is Cc1cc([N+](=O)[O-])ccc1-n1c(C)cc(C=C2SC(=O)N(c3ccccc3)C2=O)c1C. The van der Waals surface area contributed by atoms with Crippen LogP contribution >= 0.6 is 11.8 Å².